The van der Waals surface area contributed by atoms with Crippen LogP contribution in [0.5, 0.6) is 11.5 Å². The molecule has 1 aliphatic rings. The Hall–Kier alpha value is -5.64. The number of anilines is 3. The average molecular weight is 1040 g/mol. The molecular formula is C59H61N4OPt-3. The summed E-state index contributed by atoms with van der Waals surface area (Å²) < 4.78 is 8.90. The van der Waals surface area contributed by atoms with E-state index in [9.17, 15) is 0 Å². The number of hydrogen-bond acceptors (Lipinski definition) is 4. The Balaban J connectivity index is 0.00000576. The zero-order chi connectivity index (χ0) is 45.3. The van der Waals surface area contributed by atoms with Crippen LogP contribution in [0, 0.1) is 18.8 Å². The smallest absolute Gasteiger partial charge is 0.135 e. The Morgan fingerprint density at radius 1 is 0.538 bits per heavy atom. The van der Waals surface area contributed by atoms with E-state index in [2.05, 4.69) is 225 Å². The molecule has 0 bridgehead atoms. The maximum atomic E-state index is 6.67. The van der Waals surface area contributed by atoms with Crippen LogP contribution >= 0.6 is 0 Å². The van der Waals surface area contributed by atoms with Gasteiger partial charge in [0.25, 0.3) is 0 Å². The molecule has 3 heterocycles. The van der Waals surface area contributed by atoms with Crippen LogP contribution in [0.25, 0.3) is 38.8 Å². The second kappa shape index (κ2) is 17.0. The normalized spacial score (nSPS) is 13.4. The van der Waals surface area contributed by atoms with Crippen molar-refractivity contribution in [1.29, 1.82) is 0 Å². The third kappa shape index (κ3) is 9.28. The fraction of sp³-hybridized carbons (Fsp3) is 0.288. The van der Waals surface area contributed by atoms with Crippen LogP contribution in [-0.4, -0.2) is 9.55 Å². The van der Waals surface area contributed by atoms with Crippen LogP contribution in [0.1, 0.15) is 111 Å². The Morgan fingerprint density at radius 2 is 1.18 bits per heavy atom. The van der Waals surface area contributed by atoms with Crippen molar-refractivity contribution < 1.29 is 25.8 Å². The molecule has 0 radical (unpaired) electrons. The largest absolute Gasteiger partial charge is 0.509 e. The van der Waals surface area contributed by atoms with Crippen molar-refractivity contribution in [1.82, 2.24) is 9.55 Å². The molecule has 0 atom stereocenters. The number of para-hydroxylation sites is 2. The number of benzene rings is 6. The van der Waals surface area contributed by atoms with Crippen molar-refractivity contribution >= 4 is 38.9 Å². The molecular weight excluding hydrogens is 976 g/mol. The summed E-state index contributed by atoms with van der Waals surface area (Å²) in [4.78, 5) is 9.48. The fourth-order valence-corrected chi connectivity index (χ4v) is 8.69. The minimum Gasteiger partial charge on any atom is -0.509 e. The average Bonchev–Trinajstić information content (AvgIpc) is 3.77. The Labute approximate surface area is 401 Å². The molecule has 0 spiro atoms. The van der Waals surface area contributed by atoms with Crippen LogP contribution < -0.4 is 14.5 Å². The molecule has 0 fully saturated rings. The summed E-state index contributed by atoms with van der Waals surface area (Å²) in [5, 5.41) is 2.28. The minimum absolute atomic E-state index is 0. The monoisotopic (exact) mass is 1040 g/mol. The van der Waals surface area contributed by atoms with Gasteiger partial charge >= 0.3 is 0 Å². The van der Waals surface area contributed by atoms with Gasteiger partial charge in [-0.25, -0.2) is 4.98 Å². The van der Waals surface area contributed by atoms with Crippen molar-refractivity contribution in [3.8, 4) is 28.4 Å². The second-order valence-electron chi connectivity index (χ2n) is 21.7. The van der Waals surface area contributed by atoms with E-state index in [4.69, 9.17) is 9.72 Å². The van der Waals surface area contributed by atoms with Gasteiger partial charge in [0.1, 0.15) is 5.82 Å². The van der Waals surface area contributed by atoms with Crippen LogP contribution in [0.2, 0.25) is 0 Å². The zero-order valence-electron chi connectivity index (χ0n) is 40.0. The van der Waals surface area contributed by atoms with E-state index in [1.54, 1.807) is 0 Å². The van der Waals surface area contributed by atoms with Crippen molar-refractivity contribution in [3.63, 3.8) is 0 Å². The second-order valence-corrected chi connectivity index (χ2v) is 21.7. The maximum Gasteiger partial charge on any atom is 0.135 e. The predicted molar refractivity (Wildman–Crippen MR) is 269 cm³/mol. The molecule has 6 aromatic carbocycles. The van der Waals surface area contributed by atoms with Gasteiger partial charge in [-0.3, -0.25) is 0 Å². The molecule has 5 nitrogen and oxygen atoms in total. The van der Waals surface area contributed by atoms with Crippen molar-refractivity contribution in [3.05, 3.63) is 180 Å². The molecule has 0 saturated heterocycles. The fourth-order valence-electron chi connectivity index (χ4n) is 8.69. The van der Waals surface area contributed by atoms with Crippen LogP contribution in [-0.2, 0) is 49.3 Å². The molecule has 0 amide bonds. The van der Waals surface area contributed by atoms with E-state index in [1.807, 2.05) is 24.4 Å². The summed E-state index contributed by atoms with van der Waals surface area (Å²) in [6.45, 7) is 30.1. The predicted octanol–water partition coefficient (Wildman–Crippen LogP) is 15.7. The van der Waals surface area contributed by atoms with Crippen LogP contribution in [0.3, 0.4) is 0 Å². The van der Waals surface area contributed by atoms with Gasteiger partial charge < -0.3 is 19.1 Å². The van der Waals surface area contributed by atoms with Crippen LogP contribution in [0.15, 0.2) is 134 Å². The van der Waals surface area contributed by atoms with Gasteiger partial charge in [0.15, 0.2) is 0 Å². The van der Waals surface area contributed by atoms with E-state index in [-0.39, 0.29) is 42.7 Å². The topological polar surface area (TPSA) is 33.5 Å². The van der Waals surface area contributed by atoms with Crippen molar-refractivity contribution in [2.45, 2.75) is 111 Å². The molecule has 9 rings (SSSR count). The molecule has 0 N–H and O–H groups in total. The Kier molecular flexibility index (Phi) is 12.0. The first-order chi connectivity index (χ1) is 30.2. The van der Waals surface area contributed by atoms with Gasteiger partial charge in [-0.05, 0) is 102 Å². The molecule has 0 saturated carbocycles. The van der Waals surface area contributed by atoms with Crippen LogP contribution in [0.4, 0.5) is 17.1 Å². The van der Waals surface area contributed by atoms with Crippen molar-refractivity contribution in [2.24, 2.45) is 0 Å². The maximum absolute atomic E-state index is 6.67. The molecule has 2 aromatic heterocycles. The summed E-state index contributed by atoms with van der Waals surface area (Å²) in [7, 11) is 0. The molecule has 8 aromatic rings. The van der Waals surface area contributed by atoms with Crippen molar-refractivity contribution in [2.75, 3.05) is 9.80 Å². The number of hydrogen-bond donors (Lipinski definition) is 0. The molecule has 6 heteroatoms. The number of fused-ring (bicyclic) bond motifs is 4. The van der Waals surface area contributed by atoms with E-state index < -0.39 is 0 Å². The molecule has 0 unspecified atom stereocenters. The summed E-state index contributed by atoms with van der Waals surface area (Å²) in [5.41, 5.74) is 14.1. The third-order valence-corrected chi connectivity index (χ3v) is 12.6. The number of nitrogens with zero attached hydrogens (tertiary/aromatic N) is 4. The summed E-state index contributed by atoms with van der Waals surface area (Å²) in [6.07, 6.45) is 1.92. The quantitative estimate of drug-likeness (QED) is 0.149. The van der Waals surface area contributed by atoms with Gasteiger partial charge in [0.2, 0.25) is 0 Å². The first kappa shape index (κ1) is 45.9. The van der Waals surface area contributed by atoms with Gasteiger partial charge in [0, 0.05) is 62.2 Å². The summed E-state index contributed by atoms with van der Waals surface area (Å²) in [6, 6.07) is 53.5. The molecule has 1 aliphatic heterocycles. The van der Waals surface area contributed by atoms with Gasteiger partial charge in [0.05, 0.1) is 0 Å². The van der Waals surface area contributed by atoms with E-state index in [0.29, 0.717) is 18.0 Å². The number of ether oxygens (including phenoxy) is 1. The summed E-state index contributed by atoms with van der Waals surface area (Å²) >= 11 is 0. The minimum atomic E-state index is -0.0285. The standard InChI is InChI=1S/C59H61N4O.Pt/c1-56(2,3)42-22-20-40(21-23-42)41-30-39(31-45(32-41)59(10,11)12)37-61-38-62(53-19-14-13-18-52(53)61)46-16-15-17-47(35-46)64-48-25-26-49-50-33-43(57(4,5)6)24-27-51(50)63(54(49)36-48)55-34-44(28-29-60-55)58(7,8)9;/h13-34,38H,37H2,1-12H3;/q-3;. The molecule has 336 valence electrons. The van der Waals surface area contributed by atoms with Gasteiger partial charge in [-0.1, -0.05) is 149 Å². The summed E-state index contributed by atoms with van der Waals surface area (Å²) in [5.74, 6) is 2.09. The first-order valence-corrected chi connectivity index (χ1v) is 22.6. The zero-order valence-corrected chi connectivity index (χ0v) is 42.3. The molecule has 0 aliphatic carbocycles. The third-order valence-electron chi connectivity index (χ3n) is 12.6. The number of aromatic nitrogens is 2. The van der Waals surface area contributed by atoms with Gasteiger partial charge in [-0.2, -0.15) is 18.8 Å². The Bertz CT molecular complexity index is 3020. The van der Waals surface area contributed by atoms with Gasteiger partial charge in [-0.15, -0.1) is 41.4 Å². The SMILES string of the molecule is CC(C)(C)c1ccc(-c2cc(CN3[CH-]N(c4[c-]c(Oc5[c-]c6c(cc5)c5cc(C(C)(C)C)ccc5n6-c5cc(C(C)(C)C)ccn5)ccc4)c4ccccc43)cc(C(C)(C)C)c2)cc1.[Pt]. The Morgan fingerprint density at radius 3 is 1.88 bits per heavy atom. The van der Waals surface area contributed by atoms with E-state index in [0.717, 1.165) is 39.3 Å². The number of rotatable bonds is 7. The van der Waals surface area contributed by atoms with E-state index in [1.165, 1.54) is 44.3 Å². The molecule has 65 heavy (non-hydrogen) atoms. The van der Waals surface area contributed by atoms with E-state index >= 15 is 0 Å². The first-order valence-electron chi connectivity index (χ1n) is 22.6. The number of pyridine rings is 1.